The van der Waals surface area contributed by atoms with Gasteiger partial charge < -0.3 is 9.47 Å². The highest BCUT2D eigenvalue weighted by molar-refractivity contribution is 5.77. The number of ketones is 1. The van der Waals surface area contributed by atoms with Crippen molar-refractivity contribution in [1.29, 1.82) is 0 Å². The minimum atomic E-state index is -0.376. The maximum absolute atomic E-state index is 11.8. The van der Waals surface area contributed by atoms with Crippen molar-refractivity contribution < 1.29 is 23.9 Å². The van der Waals surface area contributed by atoms with E-state index in [0.29, 0.717) is 6.42 Å². The van der Waals surface area contributed by atoms with Gasteiger partial charge in [-0.15, -0.1) is 0 Å². The molecule has 0 heterocycles. The topological polar surface area (TPSA) is 69.7 Å². The Hall–Kier alpha value is -1.91. The van der Waals surface area contributed by atoms with Crippen LogP contribution in [-0.2, 0) is 23.9 Å². The van der Waals surface area contributed by atoms with Crippen LogP contribution in [0.2, 0.25) is 0 Å². The SMILES string of the molecule is CC(=O)CC12C=CC(C1)C1C(OC(C)=O)C=CC(OC(C)=O)C12. The summed E-state index contributed by atoms with van der Waals surface area (Å²) in [5.41, 5.74) is -0.301. The first kappa shape index (κ1) is 16.0. The van der Waals surface area contributed by atoms with Crippen LogP contribution in [0.5, 0.6) is 0 Å². The van der Waals surface area contributed by atoms with E-state index in [1.807, 2.05) is 12.2 Å². The largest absolute Gasteiger partial charge is 0.458 e. The Morgan fingerprint density at radius 2 is 1.61 bits per heavy atom. The molecule has 6 atom stereocenters. The molecule has 6 unspecified atom stereocenters. The lowest BCUT2D eigenvalue weighted by atomic mass is 9.65. The smallest absolute Gasteiger partial charge is 0.303 e. The van der Waals surface area contributed by atoms with E-state index in [2.05, 4.69) is 12.2 Å². The van der Waals surface area contributed by atoms with Crippen LogP contribution < -0.4 is 0 Å². The monoisotopic (exact) mass is 318 g/mol. The lowest BCUT2D eigenvalue weighted by molar-refractivity contribution is -0.157. The zero-order valence-electron chi connectivity index (χ0n) is 13.7. The van der Waals surface area contributed by atoms with Crippen molar-refractivity contribution in [3.63, 3.8) is 0 Å². The highest BCUT2D eigenvalue weighted by Crippen LogP contribution is 2.62. The van der Waals surface area contributed by atoms with Crippen molar-refractivity contribution in [2.45, 2.75) is 45.8 Å². The number of hydrogen-bond donors (Lipinski definition) is 0. The fraction of sp³-hybridized carbons (Fsp3) is 0.611. The maximum atomic E-state index is 11.8. The standard InChI is InChI=1S/C18H22O5/c1-10(19)8-18-7-6-13(9-18)16-14(22-11(2)20)4-5-15(17(16)18)23-12(3)21/h4-7,13-17H,8-9H2,1-3H3. The van der Waals surface area contributed by atoms with Crippen LogP contribution in [0.1, 0.15) is 33.6 Å². The van der Waals surface area contributed by atoms with Gasteiger partial charge >= 0.3 is 11.9 Å². The molecule has 1 fully saturated rings. The summed E-state index contributed by atoms with van der Waals surface area (Å²) < 4.78 is 11.0. The van der Waals surface area contributed by atoms with E-state index in [0.717, 1.165) is 6.42 Å². The number of ether oxygens (including phenoxy) is 2. The van der Waals surface area contributed by atoms with Gasteiger partial charge in [-0.2, -0.15) is 0 Å². The highest BCUT2D eigenvalue weighted by Gasteiger charge is 2.61. The number of carbonyl (C=O) groups is 3. The maximum Gasteiger partial charge on any atom is 0.303 e. The third-order valence-corrected chi connectivity index (χ3v) is 5.27. The number of esters is 2. The fourth-order valence-corrected chi connectivity index (χ4v) is 4.84. The molecule has 0 aromatic carbocycles. The Bertz CT molecular complexity index is 605. The van der Waals surface area contributed by atoms with Crippen molar-refractivity contribution >= 4 is 17.7 Å². The van der Waals surface area contributed by atoms with Gasteiger partial charge in [-0.1, -0.05) is 12.2 Å². The summed E-state index contributed by atoms with van der Waals surface area (Å²) in [5, 5.41) is 0. The summed E-state index contributed by atoms with van der Waals surface area (Å²) in [5.74, 6) is -0.272. The van der Waals surface area contributed by atoms with E-state index in [9.17, 15) is 14.4 Å². The molecule has 0 aliphatic heterocycles. The molecule has 0 radical (unpaired) electrons. The second-order valence-corrected chi connectivity index (χ2v) is 6.98. The van der Waals surface area contributed by atoms with Crippen LogP contribution in [0.3, 0.4) is 0 Å². The third-order valence-electron chi connectivity index (χ3n) is 5.27. The van der Waals surface area contributed by atoms with Crippen molar-refractivity contribution in [3.8, 4) is 0 Å². The van der Waals surface area contributed by atoms with Crippen molar-refractivity contribution in [2.75, 3.05) is 0 Å². The summed E-state index contributed by atoms with van der Waals surface area (Å²) in [4.78, 5) is 34.7. The summed E-state index contributed by atoms with van der Waals surface area (Å²) in [6.45, 7) is 4.38. The Morgan fingerprint density at radius 1 is 1.00 bits per heavy atom. The highest BCUT2D eigenvalue weighted by atomic mass is 16.6. The Kier molecular flexibility index (Phi) is 3.90. The lowest BCUT2D eigenvalue weighted by Gasteiger charge is -2.43. The molecule has 3 rings (SSSR count). The summed E-state index contributed by atoms with van der Waals surface area (Å²) in [6, 6.07) is 0. The molecule has 124 valence electrons. The summed E-state index contributed by atoms with van der Waals surface area (Å²) in [6.07, 6.45) is 8.45. The normalized spacial score (nSPS) is 39.9. The first-order chi connectivity index (χ1) is 10.8. The number of allylic oxidation sites excluding steroid dienone is 2. The zero-order valence-corrected chi connectivity index (χ0v) is 13.7. The van der Waals surface area contributed by atoms with Gasteiger partial charge in [0, 0.05) is 37.5 Å². The number of Topliss-reactive ketones (excluding diaryl/α,β-unsaturated/α-hetero) is 1. The summed E-state index contributed by atoms with van der Waals surface area (Å²) >= 11 is 0. The Labute approximate surface area is 135 Å². The molecule has 3 aliphatic rings. The van der Waals surface area contributed by atoms with Gasteiger partial charge in [-0.05, 0) is 31.4 Å². The third kappa shape index (κ3) is 2.73. The molecule has 3 aliphatic carbocycles. The molecule has 2 bridgehead atoms. The Morgan fingerprint density at radius 3 is 2.22 bits per heavy atom. The van der Waals surface area contributed by atoms with E-state index in [1.165, 1.54) is 13.8 Å². The van der Waals surface area contributed by atoms with Gasteiger partial charge in [0.15, 0.2) is 0 Å². The van der Waals surface area contributed by atoms with Crippen LogP contribution in [0.4, 0.5) is 0 Å². The predicted octanol–water partition coefficient (Wildman–Crippen LogP) is 2.21. The van der Waals surface area contributed by atoms with E-state index in [1.54, 1.807) is 6.92 Å². The molecule has 5 heteroatoms. The molecule has 0 N–H and O–H groups in total. The molecule has 23 heavy (non-hydrogen) atoms. The molecule has 0 amide bonds. The number of rotatable bonds is 4. The van der Waals surface area contributed by atoms with Gasteiger partial charge in [0.2, 0.25) is 0 Å². The van der Waals surface area contributed by atoms with E-state index in [4.69, 9.17) is 9.47 Å². The van der Waals surface area contributed by atoms with Crippen LogP contribution in [0, 0.1) is 23.2 Å². The molecular formula is C18H22O5. The second kappa shape index (κ2) is 5.62. The fourth-order valence-electron chi connectivity index (χ4n) is 4.84. The number of hydrogen-bond acceptors (Lipinski definition) is 5. The number of carbonyl (C=O) groups excluding carboxylic acids is 3. The first-order valence-corrected chi connectivity index (χ1v) is 8.04. The van der Waals surface area contributed by atoms with Crippen molar-refractivity contribution in [3.05, 3.63) is 24.3 Å². The average molecular weight is 318 g/mol. The quantitative estimate of drug-likeness (QED) is 0.587. The molecule has 1 saturated carbocycles. The minimum Gasteiger partial charge on any atom is -0.458 e. The van der Waals surface area contributed by atoms with Crippen LogP contribution in [0.25, 0.3) is 0 Å². The predicted molar refractivity (Wildman–Crippen MR) is 82.2 cm³/mol. The molecule has 0 aromatic heterocycles. The van der Waals surface area contributed by atoms with Gasteiger partial charge in [-0.3, -0.25) is 14.4 Å². The minimum absolute atomic E-state index is 0.0281. The van der Waals surface area contributed by atoms with Crippen molar-refractivity contribution in [2.24, 2.45) is 23.2 Å². The van der Waals surface area contributed by atoms with E-state index in [-0.39, 0.29) is 53.1 Å². The molecule has 0 aromatic rings. The van der Waals surface area contributed by atoms with Gasteiger partial charge in [0.05, 0.1) is 0 Å². The first-order valence-electron chi connectivity index (χ1n) is 8.04. The van der Waals surface area contributed by atoms with Crippen molar-refractivity contribution in [1.82, 2.24) is 0 Å². The molecule has 0 spiro atoms. The van der Waals surface area contributed by atoms with E-state index < -0.39 is 0 Å². The Balaban J connectivity index is 1.97. The molecular weight excluding hydrogens is 296 g/mol. The van der Waals surface area contributed by atoms with Crippen LogP contribution in [-0.4, -0.2) is 29.9 Å². The van der Waals surface area contributed by atoms with Crippen LogP contribution >= 0.6 is 0 Å². The van der Waals surface area contributed by atoms with Gasteiger partial charge in [0.1, 0.15) is 18.0 Å². The van der Waals surface area contributed by atoms with Gasteiger partial charge in [-0.25, -0.2) is 0 Å². The second-order valence-electron chi connectivity index (χ2n) is 6.98. The lowest BCUT2D eigenvalue weighted by Crippen LogP contribution is -2.47. The zero-order chi connectivity index (χ0) is 16.8. The molecule has 5 nitrogen and oxygen atoms in total. The van der Waals surface area contributed by atoms with E-state index >= 15 is 0 Å². The number of fused-ring (bicyclic) bond motifs is 5. The average Bonchev–Trinajstić information content (AvgIpc) is 2.95. The van der Waals surface area contributed by atoms with Crippen LogP contribution in [0.15, 0.2) is 24.3 Å². The van der Waals surface area contributed by atoms with Gasteiger partial charge in [0.25, 0.3) is 0 Å². The molecule has 0 saturated heterocycles. The summed E-state index contributed by atoms with van der Waals surface area (Å²) in [7, 11) is 0.